The number of nitrogens with zero attached hydrogens (tertiary/aromatic N) is 1. The zero-order chi connectivity index (χ0) is 13.7. The first kappa shape index (κ1) is 13.1. The van der Waals surface area contributed by atoms with Crippen LogP contribution in [0.1, 0.15) is 25.8 Å². The Hall–Kier alpha value is -2.29. The van der Waals surface area contributed by atoms with Crippen molar-refractivity contribution in [1.29, 1.82) is 0 Å². The topological polar surface area (TPSA) is 48.4 Å². The van der Waals surface area contributed by atoms with E-state index in [1.807, 2.05) is 42.6 Å². The molecular formula is C16H18N2O. The van der Waals surface area contributed by atoms with E-state index in [1.165, 1.54) is 11.1 Å². The molecule has 3 heteroatoms. The van der Waals surface area contributed by atoms with Crippen LogP contribution in [-0.4, -0.2) is 16.3 Å². The van der Waals surface area contributed by atoms with Crippen molar-refractivity contribution in [1.82, 2.24) is 4.98 Å². The van der Waals surface area contributed by atoms with E-state index in [-0.39, 0.29) is 5.88 Å². The third-order valence-electron chi connectivity index (χ3n) is 3.03. The second-order valence-corrected chi connectivity index (χ2v) is 4.35. The lowest BCUT2D eigenvalue weighted by molar-refractivity contribution is 0.453. The highest BCUT2D eigenvalue weighted by Gasteiger charge is 2.11. The molecule has 1 aliphatic rings. The number of hydrogen-bond acceptors (Lipinski definition) is 2. The van der Waals surface area contributed by atoms with Gasteiger partial charge in [0.15, 0.2) is 5.88 Å². The van der Waals surface area contributed by atoms with Gasteiger partial charge in [0.1, 0.15) is 0 Å². The molecule has 19 heavy (non-hydrogen) atoms. The van der Waals surface area contributed by atoms with E-state index in [0.29, 0.717) is 5.56 Å². The summed E-state index contributed by atoms with van der Waals surface area (Å²) in [6.07, 6.45) is 6.39. The first-order chi connectivity index (χ1) is 9.22. The molecule has 1 aromatic rings. The van der Waals surface area contributed by atoms with Gasteiger partial charge in [0.2, 0.25) is 0 Å². The highest BCUT2D eigenvalue weighted by atomic mass is 16.3. The summed E-state index contributed by atoms with van der Waals surface area (Å²) >= 11 is 0. The molecule has 0 aromatic carbocycles. The molecule has 2 rings (SSSR count). The van der Waals surface area contributed by atoms with Crippen molar-refractivity contribution in [3.63, 3.8) is 0 Å². The van der Waals surface area contributed by atoms with E-state index in [1.54, 1.807) is 6.20 Å². The fourth-order valence-corrected chi connectivity index (χ4v) is 2.00. The third kappa shape index (κ3) is 3.13. The molecule has 0 unspecified atom stereocenters. The molecular weight excluding hydrogens is 236 g/mol. The first-order valence-electron chi connectivity index (χ1n) is 6.38. The molecule has 1 aromatic heterocycles. The highest BCUT2D eigenvalue weighted by Crippen LogP contribution is 2.27. The molecule has 0 fully saturated rings. The summed E-state index contributed by atoms with van der Waals surface area (Å²) in [6, 6.07) is 9.37. The minimum Gasteiger partial charge on any atom is -0.494 e. The Morgan fingerprint density at radius 2 is 2.05 bits per heavy atom. The van der Waals surface area contributed by atoms with Crippen molar-refractivity contribution in [3.8, 4) is 5.88 Å². The molecule has 0 bridgehead atoms. The lowest BCUT2D eigenvalue weighted by atomic mass is 10.1. The first-order valence-corrected chi connectivity index (χ1v) is 6.38. The zero-order valence-corrected chi connectivity index (χ0v) is 11.2. The van der Waals surface area contributed by atoms with Crippen LogP contribution in [0.25, 0.3) is 6.08 Å². The van der Waals surface area contributed by atoms with Gasteiger partial charge < -0.3 is 10.1 Å². The normalized spacial score (nSPS) is 16.0. The van der Waals surface area contributed by atoms with Crippen molar-refractivity contribution in [3.05, 3.63) is 58.9 Å². The minimum atomic E-state index is 0.124. The maximum Gasteiger partial charge on any atom is 0.195 e. The predicted octanol–water partition coefficient (Wildman–Crippen LogP) is 4.00. The van der Waals surface area contributed by atoms with Crippen LogP contribution in [0.3, 0.4) is 0 Å². The smallest absolute Gasteiger partial charge is 0.195 e. The molecule has 0 amide bonds. The number of aromatic amines is 1. The maximum absolute atomic E-state index is 10.0. The van der Waals surface area contributed by atoms with Gasteiger partial charge in [-0.3, -0.25) is 4.99 Å². The largest absolute Gasteiger partial charge is 0.494 e. The monoisotopic (exact) mass is 254 g/mol. The van der Waals surface area contributed by atoms with Crippen LogP contribution in [0.4, 0.5) is 0 Å². The Morgan fingerprint density at radius 3 is 2.84 bits per heavy atom. The summed E-state index contributed by atoms with van der Waals surface area (Å²) in [5.41, 5.74) is 4.04. The molecule has 0 saturated heterocycles. The van der Waals surface area contributed by atoms with Gasteiger partial charge in [-0.2, -0.15) is 0 Å². The van der Waals surface area contributed by atoms with Gasteiger partial charge in [0, 0.05) is 18.0 Å². The number of aliphatic imine (C=N–C) groups is 1. The molecule has 0 spiro atoms. The second kappa shape index (κ2) is 6.05. The van der Waals surface area contributed by atoms with Crippen molar-refractivity contribution < 1.29 is 5.11 Å². The predicted molar refractivity (Wildman–Crippen MR) is 79.5 cm³/mol. The van der Waals surface area contributed by atoms with Crippen molar-refractivity contribution in [2.45, 2.75) is 20.3 Å². The quantitative estimate of drug-likeness (QED) is 0.823. The molecule has 2 N–H and O–H groups in total. The lowest BCUT2D eigenvalue weighted by Crippen LogP contribution is -1.84. The van der Waals surface area contributed by atoms with Gasteiger partial charge in [0.05, 0.1) is 5.70 Å². The SMILES string of the molecule is CCC1=C(C)C=N/C1=C\c1cccccc[nH]c1O. The average Bonchev–Trinajstić information content (AvgIpc) is 2.79. The standard InChI is InChI=1S/C16H18N2O/c1-3-14-12(2)11-18-15(14)10-13-8-6-4-5-7-9-17-16(13)19/h4-11,17,19H,3H2,1-2H3/b5-4?,8-6?,9-7?,15-10-,16-13?. The number of rotatable bonds is 2. The second-order valence-electron chi connectivity index (χ2n) is 4.35. The molecule has 0 atom stereocenters. The van der Waals surface area contributed by atoms with Gasteiger partial charge >= 0.3 is 0 Å². The third-order valence-corrected chi connectivity index (χ3v) is 3.03. The molecule has 0 radical (unpaired) electrons. The van der Waals surface area contributed by atoms with Gasteiger partial charge in [-0.05, 0) is 42.7 Å². The van der Waals surface area contributed by atoms with E-state index in [9.17, 15) is 5.11 Å². The van der Waals surface area contributed by atoms with Crippen molar-refractivity contribution in [2.24, 2.45) is 4.99 Å². The summed E-state index contributed by atoms with van der Waals surface area (Å²) in [7, 11) is 0. The van der Waals surface area contributed by atoms with E-state index in [2.05, 4.69) is 23.8 Å². The van der Waals surface area contributed by atoms with Crippen molar-refractivity contribution >= 4 is 12.3 Å². The van der Waals surface area contributed by atoms with Gasteiger partial charge in [-0.25, -0.2) is 0 Å². The maximum atomic E-state index is 10.0. The Labute approximate surface area is 113 Å². The average molecular weight is 254 g/mol. The number of hydrogen-bond donors (Lipinski definition) is 2. The van der Waals surface area contributed by atoms with Crippen LogP contribution < -0.4 is 0 Å². The zero-order valence-electron chi connectivity index (χ0n) is 11.2. The van der Waals surface area contributed by atoms with Gasteiger partial charge in [-0.1, -0.05) is 25.1 Å². The molecule has 3 nitrogen and oxygen atoms in total. The van der Waals surface area contributed by atoms with Crippen molar-refractivity contribution in [2.75, 3.05) is 0 Å². The van der Waals surface area contributed by atoms with Gasteiger partial charge in [0.25, 0.3) is 0 Å². The number of allylic oxidation sites excluding steroid dienone is 2. The molecule has 0 saturated carbocycles. The molecule has 2 heterocycles. The van der Waals surface area contributed by atoms with E-state index < -0.39 is 0 Å². The van der Waals surface area contributed by atoms with E-state index in [4.69, 9.17) is 0 Å². The van der Waals surface area contributed by atoms with Crippen LogP contribution in [0.5, 0.6) is 5.88 Å². The van der Waals surface area contributed by atoms with Crippen LogP contribution in [-0.2, 0) is 0 Å². The van der Waals surface area contributed by atoms with Crippen LogP contribution in [0, 0.1) is 0 Å². The fourth-order valence-electron chi connectivity index (χ4n) is 2.00. The van der Waals surface area contributed by atoms with Crippen LogP contribution in [0.2, 0.25) is 0 Å². The Balaban J connectivity index is 2.51. The summed E-state index contributed by atoms with van der Waals surface area (Å²) in [5.74, 6) is 0.124. The lowest BCUT2D eigenvalue weighted by Gasteiger charge is -2.02. The Kier molecular flexibility index (Phi) is 4.18. The fraction of sp³-hybridized carbons (Fsp3) is 0.188. The number of nitrogens with one attached hydrogen (secondary N) is 1. The molecule has 1 aliphatic heterocycles. The minimum absolute atomic E-state index is 0.124. The Bertz CT molecular complexity index is 605. The summed E-state index contributed by atoms with van der Waals surface area (Å²) in [6.45, 7) is 4.17. The van der Waals surface area contributed by atoms with E-state index >= 15 is 0 Å². The number of H-pyrrole nitrogens is 1. The van der Waals surface area contributed by atoms with Gasteiger partial charge in [-0.15, -0.1) is 0 Å². The number of aromatic hydroxyl groups is 1. The van der Waals surface area contributed by atoms with Crippen LogP contribution in [0.15, 0.2) is 58.4 Å². The summed E-state index contributed by atoms with van der Waals surface area (Å²) in [5, 5.41) is 10.0. The summed E-state index contributed by atoms with van der Waals surface area (Å²) < 4.78 is 0. The number of aromatic nitrogens is 1. The molecule has 0 aliphatic carbocycles. The Morgan fingerprint density at radius 1 is 1.26 bits per heavy atom. The molecule has 98 valence electrons. The van der Waals surface area contributed by atoms with Crippen LogP contribution >= 0.6 is 0 Å². The summed E-state index contributed by atoms with van der Waals surface area (Å²) in [4.78, 5) is 7.23. The van der Waals surface area contributed by atoms with E-state index in [0.717, 1.165) is 12.1 Å². The highest BCUT2D eigenvalue weighted by molar-refractivity contribution is 5.87.